The van der Waals surface area contributed by atoms with Crippen molar-refractivity contribution in [3.63, 3.8) is 0 Å². The maximum Gasteiger partial charge on any atom is 0.222 e. The van der Waals surface area contributed by atoms with Gasteiger partial charge in [-0.25, -0.2) is 0 Å². The third kappa shape index (κ3) is 14.3. The van der Waals surface area contributed by atoms with Crippen molar-refractivity contribution in [3.8, 4) is 0 Å². The first-order chi connectivity index (χ1) is 12.8. The first-order valence-electron chi connectivity index (χ1n) is 9.05. The smallest absolute Gasteiger partial charge is 0.222 e. The van der Waals surface area contributed by atoms with Gasteiger partial charge in [0, 0.05) is 31.3 Å². The Bertz CT molecular complexity index is 633. The Morgan fingerprint density at radius 3 is 1.64 bits per heavy atom. The molecule has 0 fully saturated rings. The molecule has 3 amide bonds. The van der Waals surface area contributed by atoms with Crippen molar-refractivity contribution < 1.29 is 14.4 Å². The molecule has 0 aliphatic rings. The Morgan fingerprint density at radius 2 is 1.36 bits per heavy atom. The van der Waals surface area contributed by atoms with Crippen LogP contribution in [0.25, 0.3) is 0 Å². The number of benzene rings is 1. The predicted molar refractivity (Wildman–Crippen MR) is 116 cm³/mol. The number of hydrogen-bond acceptors (Lipinski definition) is 3. The molecule has 0 spiro atoms. The molecule has 0 radical (unpaired) electrons. The monoisotopic (exact) mass is 433 g/mol. The fraction of sp³-hybridized carbons (Fsp3) is 0.550. The predicted octanol–water partition coefficient (Wildman–Crippen LogP) is 3.78. The van der Waals surface area contributed by atoms with Gasteiger partial charge < -0.3 is 16.4 Å². The SMILES string of the molecule is CC(C)C(=O)NCc1ccc(Cl)c(Cl)c1.CC(C)C(N)=O.CNC(=O)C(C)C. The lowest BCUT2D eigenvalue weighted by Crippen LogP contribution is -2.27. The van der Waals surface area contributed by atoms with Gasteiger partial charge in [0.15, 0.2) is 0 Å². The summed E-state index contributed by atoms with van der Waals surface area (Å²) in [6, 6.07) is 5.32. The van der Waals surface area contributed by atoms with Crippen molar-refractivity contribution in [2.45, 2.75) is 48.1 Å². The van der Waals surface area contributed by atoms with E-state index in [1.807, 2.05) is 33.8 Å². The van der Waals surface area contributed by atoms with E-state index in [2.05, 4.69) is 10.6 Å². The van der Waals surface area contributed by atoms with Crippen LogP contribution in [0.5, 0.6) is 0 Å². The van der Waals surface area contributed by atoms with Crippen LogP contribution in [0.2, 0.25) is 10.0 Å². The highest BCUT2D eigenvalue weighted by Crippen LogP contribution is 2.22. The summed E-state index contributed by atoms with van der Waals surface area (Å²) in [7, 11) is 1.64. The third-order valence-corrected chi connectivity index (χ3v) is 4.05. The molecule has 0 aromatic heterocycles. The second-order valence-corrected chi connectivity index (χ2v) is 7.76. The number of nitrogens with one attached hydrogen (secondary N) is 2. The highest BCUT2D eigenvalue weighted by molar-refractivity contribution is 6.42. The highest BCUT2D eigenvalue weighted by atomic mass is 35.5. The molecule has 1 aromatic carbocycles. The van der Waals surface area contributed by atoms with E-state index in [-0.39, 0.29) is 35.5 Å². The highest BCUT2D eigenvalue weighted by Gasteiger charge is 2.06. The molecule has 1 rings (SSSR count). The van der Waals surface area contributed by atoms with Gasteiger partial charge >= 0.3 is 0 Å². The summed E-state index contributed by atoms with van der Waals surface area (Å²) < 4.78 is 0. The molecule has 28 heavy (non-hydrogen) atoms. The largest absolute Gasteiger partial charge is 0.369 e. The van der Waals surface area contributed by atoms with E-state index in [0.717, 1.165) is 5.56 Å². The molecule has 0 saturated carbocycles. The number of carbonyl (C=O) groups excluding carboxylic acids is 3. The van der Waals surface area contributed by atoms with Crippen LogP contribution in [0, 0.1) is 17.8 Å². The summed E-state index contributed by atoms with van der Waals surface area (Å²) in [5, 5.41) is 6.36. The minimum atomic E-state index is -0.241. The molecule has 160 valence electrons. The summed E-state index contributed by atoms with van der Waals surface area (Å²) in [5.74, 6) is -0.0150. The zero-order valence-electron chi connectivity index (χ0n) is 17.7. The van der Waals surface area contributed by atoms with Crippen LogP contribution in [0.4, 0.5) is 0 Å². The van der Waals surface area contributed by atoms with E-state index in [4.69, 9.17) is 28.9 Å². The Morgan fingerprint density at radius 1 is 0.893 bits per heavy atom. The van der Waals surface area contributed by atoms with Crippen LogP contribution >= 0.6 is 23.2 Å². The van der Waals surface area contributed by atoms with Gasteiger partial charge in [-0.05, 0) is 17.7 Å². The van der Waals surface area contributed by atoms with Crippen molar-refractivity contribution in [2.24, 2.45) is 23.5 Å². The van der Waals surface area contributed by atoms with Crippen LogP contribution < -0.4 is 16.4 Å². The van der Waals surface area contributed by atoms with Crippen LogP contribution in [0.3, 0.4) is 0 Å². The minimum Gasteiger partial charge on any atom is -0.369 e. The van der Waals surface area contributed by atoms with Gasteiger partial charge in [0.1, 0.15) is 0 Å². The van der Waals surface area contributed by atoms with E-state index in [1.165, 1.54) is 0 Å². The van der Waals surface area contributed by atoms with Crippen molar-refractivity contribution in [1.29, 1.82) is 0 Å². The fourth-order valence-corrected chi connectivity index (χ4v) is 1.65. The lowest BCUT2D eigenvalue weighted by molar-refractivity contribution is -0.124. The van der Waals surface area contributed by atoms with E-state index in [9.17, 15) is 14.4 Å². The Labute approximate surface area is 178 Å². The number of hydrogen-bond donors (Lipinski definition) is 3. The molecule has 0 atom stereocenters. The second kappa shape index (κ2) is 15.2. The number of rotatable bonds is 5. The molecule has 0 heterocycles. The van der Waals surface area contributed by atoms with E-state index in [0.29, 0.717) is 16.6 Å². The van der Waals surface area contributed by atoms with Crippen LogP contribution in [-0.2, 0) is 20.9 Å². The van der Waals surface area contributed by atoms with Crippen LogP contribution in [-0.4, -0.2) is 24.8 Å². The van der Waals surface area contributed by atoms with Gasteiger partial charge in [-0.2, -0.15) is 0 Å². The van der Waals surface area contributed by atoms with Gasteiger partial charge in [-0.15, -0.1) is 0 Å². The zero-order chi connectivity index (χ0) is 22.4. The molecule has 0 aliphatic heterocycles. The zero-order valence-corrected chi connectivity index (χ0v) is 19.2. The van der Waals surface area contributed by atoms with E-state index in [1.54, 1.807) is 33.0 Å². The number of nitrogens with two attached hydrogens (primary N) is 1. The molecule has 6 nitrogen and oxygen atoms in total. The number of carbonyl (C=O) groups is 3. The quantitative estimate of drug-likeness (QED) is 0.657. The molecule has 0 aliphatic carbocycles. The topological polar surface area (TPSA) is 101 Å². The van der Waals surface area contributed by atoms with Crippen molar-refractivity contribution in [1.82, 2.24) is 10.6 Å². The van der Waals surface area contributed by atoms with Crippen LogP contribution in [0.1, 0.15) is 47.1 Å². The van der Waals surface area contributed by atoms with Crippen molar-refractivity contribution >= 4 is 40.9 Å². The standard InChI is InChI=1S/C11H13Cl2NO.C5H11NO.C4H9NO/c1-7(2)11(15)14-6-8-3-4-9(12)10(13)5-8;1-4(2)5(7)6-3;1-3(2)4(5)6/h3-5,7H,6H2,1-2H3,(H,14,15);4H,1-3H3,(H,6,7);3H,1-2H3,(H2,5,6). The van der Waals surface area contributed by atoms with Gasteiger partial charge in [-0.1, -0.05) is 70.8 Å². The summed E-state index contributed by atoms with van der Waals surface area (Å²) in [5.41, 5.74) is 5.74. The lowest BCUT2D eigenvalue weighted by Gasteiger charge is -2.08. The van der Waals surface area contributed by atoms with Gasteiger partial charge in [0.2, 0.25) is 17.7 Å². The van der Waals surface area contributed by atoms with Gasteiger partial charge in [-0.3, -0.25) is 14.4 Å². The summed E-state index contributed by atoms with van der Waals surface area (Å²) >= 11 is 11.6. The Hall–Kier alpha value is -1.79. The summed E-state index contributed by atoms with van der Waals surface area (Å²) in [6.07, 6.45) is 0. The average molecular weight is 434 g/mol. The maximum atomic E-state index is 11.3. The first-order valence-corrected chi connectivity index (χ1v) is 9.81. The van der Waals surface area contributed by atoms with Gasteiger partial charge in [0.25, 0.3) is 0 Å². The Balaban J connectivity index is 0. The first kappa shape index (κ1) is 28.4. The molecule has 0 saturated heterocycles. The van der Waals surface area contributed by atoms with Crippen molar-refractivity contribution in [3.05, 3.63) is 33.8 Å². The number of primary amides is 1. The van der Waals surface area contributed by atoms with Gasteiger partial charge in [0.05, 0.1) is 10.0 Å². The number of amides is 3. The molecule has 0 bridgehead atoms. The molecular formula is C20H33Cl2N3O3. The second-order valence-electron chi connectivity index (χ2n) is 6.95. The third-order valence-electron chi connectivity index (χ3n) is 3.31. The normalized spacial score (nSPS) is 9.86. The van der Waals surface area contributed by atoms with E-state index < -0.39 is 0 Å². The molecule has 1 aromatic rings. The number of halogens is 2. The minimum absolute atomic E-state index is 0.00669. The van der Waals surface area contributed by atoms with Crippen molar-refractivity contribution in [2.75, 3.05) is 7.05 Å². The lowest BCUT2D eigenvalue weighted by atomic mass is 10.2. The summed E-state index contributed by atoms with van der Waals surface area (Å²) in [6.45, 7) is 11.4. The maximum absolute atomic E-state index is 11.3. The van der Waals surface area contributed by atoms with E-state index >= 15 is 0 Å². The molecule has 4 N–H and O–H groups in total. The molecule has 0 unspecified atom stereocenters. The fourth-order valence-electron chi connectivity index (χ4n) is 1.33. The van der Waals surface area contributed by atoms with Crippen LogP contribution in [0.15, 0.2) is 18.2 Å². The molecular weight excluding hydrogens is 401 g/mol. The summed E-state index contributed by atoms with van der Waals surface area (Å²) in [4.78, 5) is 31.6. The average Bonchev–Trinajstić information content (AvgIpc) is 2.62. The molecule has 8 heteroatoms. The Kier molecular flexibility index (Phi) is 15.4.